The molecule has 0 fully saturated rings. The van der Waals surface area contributed by atoms with Crippen molar-refractivity contribution in [2.75, 3.05) is 30.1 Å². The minimum atomic E-state index is -0.0763. The first-order valence-electron chi connectivity index (χ1n) is 9.19. The van der Waals surface area contributed by atoms with E-state index in [4.69, 9.17) is 11.6 Å². The summed E-state index contributed by atoms with van der Waals surface area (Å²) in [5.74, 6) is 0.185. The zero-order valence-corrected chi connectivity index (χ0v) is 18.8. The Morgan fingerprint density at radius 1 is 1.10 bits per heavy atom. The van der Waals surface area contributed by atoms with Gasteiger partial charge in [0.15, 0.2) is 0 Å². The number of rotatable bonds is 6. The zero-order chi connectivity index (χ0) is 21.1. The standard InChI is InChI=1S/C22H19ClN4OS2/c1-27(2)17-9-7-16(8-10-17)26-19(28)12-30-22-20-18(11-29-21(20)24-13-25-22)14-3-5-15(23)6-4-14/h3-11,13H,12H2,1-2H3,(H,26,28). The lowest BCUT2D eigenvalue weighted by Crippen LogP contribution is -2.14. The lowest BCUT2D eigenvalue weighted by atomic mass is 10.1. The van der Waals surface area contributed by atoms with E-state index < -0.39 is 0 Å². The van der Waals surface area contributed by atoms with E-state index in [1.54, 1.807) is 17.7 Å². The van der Waals surface area contributed by atoms with Gasteiger partial charge in [-0.15, -0.1) is 11.3 Å². The molecule has 4 rings (SSSR count). The van der Waals surface area contributed by atoms with Crippen molar-refractivity contribution < 1.29 is 4.79 Å². The number of thioether (sulfide) groups is 1. The van der Waals surface area contributed by atoms with E-state index in [0.29, 0.717) is 5.02 Å². The number of nitrogens with one attached hydrogen (secondary N) is 1. The third kappa shape index (κ3) is 4.59. The SMILES string of the molecule is CN(C)c1ccc(NC(=O)CSc2ncnc3scc(-c4ccc(Cl)cc4)c23)cc1. The fourth-order valence-electron chi connectivity index (χ4n) is 2.97. The van der Waals surface area contributed by atoms with Crippen LogP contribution in [-0.4, -0.2) is 35.7 Å². The fourth-order valence-corrected chi connectivity index (χ4v) is 4.89. The maximum atomic E-state index is 12.5. The van der Waals surface area contributed by atoms with E-state index in [-0.39, 0.29) is 11.7 Å². The fraction of sp³-hybridized carbons (Fsp3) is 0.136. The molecule has 4 aromatic rings. The lowest BCUT2D eigenvalue weighted by Gasteiger charge is -2.13. The third-order valence-corrected chi connectivity index (χ3v) is 6.63. The number of carbonyl (C=O) groups excluding carboxylic acids is 1. The van der Waals surface area contributed by atoms with Gasteiger partial charge in [-0.25, -0.2) is 9.97 Å². The van der Waals surface area contributed by atoms with Gasteiger partial charge in [0.2, 0.25) is 5.91 Å². The average Bonchev–Trinajstić information content (AvgIpc) is 3.18. The summed E-state index contributed by atoms with van der Waals surface area (Å²) in [4.78, 5) is 24.2. The van der Waals surface area contributed by atoms with Crippen LogP contribution in [0.5, 0.6) is 0 Å². The second kappa shape index (κ2) is 9.04. The van der Waals surface area contributed by atoms with Crippen LogP contribution in [0.15, 0.2) is 65.3 Å². The van der Waals surface area contributed by atoms with Gasteiger partial charge in [0.1, 0.15) is 16.2 Å². The number of hydrogen-bond donors (Lipinski definition) is 1. The largest absolute Gasteiger partial charge is 0.378 e. The van der Waals surface area contributed by atoms with Crippen molar-refractivity contribution in [3.05, 3.63) is 65.3 Å². The van der Waals surface area contributed by atoms with Gasteiger partial charge < -0.3 is 10.2 Å². The normalized spacial score (nSPS) is 10.9. The number of carbonyl (C=O) groups is 1. The van der Waals surface area contributed by atoms with Gasteiger partial charge >= 0.3 is 0 Å². The minimum Gasteiger partial charge on any atom is -0.378 e. The van der Waals surface area contributed by atoms with Gasteiger partial charge in [-0.2, -0.15) is 0 Å². The summed E-state index contributed by atoms with van der Waals surface area (Å²) >= 11 is 9.00. The van der Waals surface area contributed by atoms with E-state index in [0.717, 1.165) is 37.7 Å². The number of thiophene rings is 1. The molecule has 0 bridgehead atoms. The van der Waals surface area contributed by atoms with Crippen LogP contribution >= 0.6 is 34.7 Å². The highest BCUT2D eigenvalue weighted by Crippen LogP contribution is 2.38. The molecule has 0 aliphatic rings. The van der Waals surface area contributed by atoms with Gasteiger partial charge in [-0.1, -0.05) is 35.5 Å². The summed E-state index contributed by atoms with van der Waals surface area (Å²) in [7, 11) is 3.96. The number of fused-ring (bicyclic) bond motifs is 1. The molecule has 0 atom stereocenters. The van der Waals surface area contributed by atoms with Crippen LogP contribution < -0.4 is 10.2 Å². The van der Waals surface area contributed by atoms with Crippen molar-refractivity contribution in [2.24, 2.45) is 0 Å². The molecule has 0 saturated heterocycles. The summed E-state index contributed by atoms with van der Waals surface area (Å²) < 4.78 is 0. The molecule has 0 saturated carbocycles. The van der Waals surface area contributed by atoms with Gasteiger partial charge in [-0.05, 0) is 42.0 Å². The molecule has 8 heteroatoms. The van der Waals surface area contributed by atoms with E-state index in [1.165, 1.54) is 11.8 Å². The minimum absolute atomic E-state index is 0.0763. The highest BCUT2D eigenvalue weighted by molar-refractivity contribution is 8.00. The number of anilines is 2. The molecule has 0 aliphatic carbocycles. The van der Waals surface area contributed by atoms with E-state index >= 15 is 0 Å². The van der Waals surface area contributed by atoms with Crippen LogP contribution in [0.3, 0.4) is 0 Å². The molecule has 0 spiro atoms. The predicted molar refractivity (Wildman–Crippen MR) is 128 cm³/mol. The average molecular weight is 455 g/mol. The molecule has 2 aromatic heterocycles. The van der Waals surface area contributed by atoms with Crippen molar-refractivity contribution >= 4 is 62.2 Å². The lowest BCUT2D eigenvalue weighted by molar-refractivity contribution is -0.113. The molecule has 152 valence electrons. The maximum absolute atomic E-state index is 12.5. The van der Waals surface area contributed by atoms with E-state index in [2.05, 4.69) is 20.7 Å². The Balaban J connectivity index is 1.50. The first-order chi connectivity index (χ1) is 14.5. The monoisotopic (exact) mass is 454 g/mol. The number of benzene rings is 2. The van der Waals surface area contributed by atoms with Crippen molar-refractivity contribution in [1.29, 1.82) is 0 Å². The van der Waals surface area contributed by atoms with Crippen molar-refractivity contribution in [1.82, 2.24) is 9.97 Å². The van der Waals surface area contributed by atoms with Gasteiger partial charge in [0.25, 0.3) is 0 Å². The number of aromatic nitrogens is 2. The van der Waals surface area contributed by atoms with Crippen LogP contribution in [0, 0.1) is 0 Å². The second-order valence-electron chi connectivity index (χ2n) is 6.79. The third-order valence-electron chi connectivity index (χ3n) is 4.50. The molecule has 2 aromatic carbocycles. The first-order valence-corrected chi connectivity index (χ1v) is 11.4. The Hall–Kier alpha value is -2.61. The van der Waals surface area contributed by atoms with Crippen molar-refractivity contribution in [3.8, 4) is 11.1 Å². The molecule has 2 heterocycles. The molecule has 0 radical (unpaired) electrons. The molecular weight excluding hydrogens is 436 g/mol. The molecule has 5 nitrogen and oxygen atoms in total. The van der Waals surface area contributed by atoms with E-state index in [9.17, 15) is 4.79 Å². The van der Waals surface area contributed by atoms with Crippen molar-refractivity contribution in [2.45, 2.75) is 5.03 Å². The molecule has 30 heavy (non-hydrogen) atoms. The Kier molecular flexibility index (Phi) is 6.22. The summed E-state index contributed by atoms with van der Waals surface area (Å²) in [6.07, 6.45) is 1.55. The Morgan fingerprint density at radius 2 is 1.83 bits per heavy atom. The van der Waals surface area contributed by atoms with Gasteiger partial charge in [0.05, 0.1) is 11.1 Å². The summed E-state index contributed by atoms with van der Waals surface area (Å²) in [5.41, 5.74) is 3.96. The number of halogens is 1. The number of amides is 1. The van der Waals surface area contributed by atoms with Crippen molar-refractivity contribution in [3.63, 3.8) is 0 Å². The Labute approximate surface area is 188 Å². The van der Waals surface area contributed by atoms with Gasteiger partial charge in [0, 0.05) is 41.4 Å². The summed E-state index contributed by atoms with van der Waals surface area (Å²) in [5, 5.41) is 7.47. The Bertz CT molecular complexity index is 1170. The highest BCUT2D eigenvalue weighted by Gasteiger charge is 2.15. The smallest absolute Gasteiger partial charge is 0.234 e. The van der Waals surface area contributed by atoms with Crippen LogP contribution in [-0.2, 0) is 4.79 Å². The van der Waals surface area contributed by atoms with Crippen LogP contribution in [0.1, 0.15) is 0 Å². The Morgan fingerprint density at radius 3 is 2.53 bits per heavy atom. The highest BCUT2D eigenvalue weighted by atomic mass is 35.5. The van der Waals surface area contributed by atoms with E-state index in [1.807, 2.05) is 67.5 Å². The zero-order valence-electron chi connectivity index (χ0n) is 16.4. The quantitative estimate of drug-likeness (QED) is 0.294. The number of nitrogens with zero attached hydrogens (tertiary/aromatic N) is 3. The number of hydrogen-bond acceptors (Lipinski definition) is 6. The van der Waals surface area contributed by atoms with Crippen LogP contribution in [0.25, 0.3) is 21.3 Å². The predicted octanol–water partition coefficient (Wildman–Crippen LogP) is 5.81. The van der Waals surface area contributed by atoms with Crippen LogP contribution in [0.4, 0.5) is 11.4 Å². The molecular formula is C22H19ClN4OS2. The molecule has 1 N–H and O–H groups in total. The molecule has 0 aliphatic heterocycles. The maximum Gasteiger partial charge on any atom is 0.234 e. The molecule has 0 unspecified atom stereocenters. The topological polar surface area (TPSA) is 58.1 Å². The second-order valence-corrected chi connectivity index (χ2v) is 9.05. The van der Waals surface area contributed by atoms with Crippen LogP contribution in [0.2, 0.25) is 5.02 Å². The van der Waals surface area contributed by atoms with Gasteiger partial charge in [-0.3, -0.25) is 4.79 Å². The summed E-state index contributed by atoms with van der Waals surface area (Å²) in [6, 6.07) is 15.4. The summed E-state index contributed by atoms with van der Waals surface area (Å²) in [6.45, 7) is 0. The molecule has 1 amide bonds. The first kappa shape index (κ1) is 20.7.